The number of halogens is 1. The van der Waals surface area contributed by atoms with Crippen LogP contribution in [0, 0.1) is 0 Å². The van der Waals surface area contributed by atoms with Gasteiger partial charge in [-0.3, -0.25) is 0 Å². The van der Waals surface area contributed by atoms with Crippen LogP contribution in [0.5, 0.6) is 0 Å². The summed E-state index contributed by atoms with van der Waals surface area (Å²) in [4.78, 5) is 12.1. The molecule has 1 saturated heterocycles. The molecule has 30 heavy (non-hydrogen) atoms. The number of ether oxygens (including phenoxy) is 1. The average molecular weight is 440 g/mol. The van der Waals surface area contributed by atoms with Gasteiger partial charge in [-0.15, -0.1) is 0 Å². The zero-order valence-electron chi connectivity index (χ0n) is 17.3. The quantitative estimate of drug-likeness (QED) is 0.482. The van der Waals surface area contributed by atoms with E-state index in [4.69, 9.17) is 26.3 Å². The molecule has 4 rings (SSSR count). The van der Waals surface area contributed by atoms with Crippen LogP contribution in [0.2, 0.25) is 5.02 Å². The molecule has 0 spiro atoms. The summed E-state index contributed by atoms with van der Waals surface area (Å²) in [5.74, 6) is 3.51. The van der Waals surface area contributed by atoms with Crippen molar-refractivity contribution in [3.05, 3.63) is 76.9 Å². The van der Waals surface area contributed by atoms with Crippen LogP contribution in [-0.4, -0.2) is 35.3 Å². The molecule has 0 radical (unpaired) electrons. The van der Waals surface area contributed by atoms with Crippen molar-refractivity contribution in [3.8, 4) is 11.4 Å². The van der Waals surface area contributed by atoms with Gasteiger partial charge < -0.3 is 9.64 Å². The fraction of sp³-hybridized carbons (Fsp3) is 0.333. The summed E-state index contributed by atoms with van der Waals surface area (Å²) in [6.45, 7) is 5.91. The SMILES string of the molecule is CC1CN(c2cc(CSCc3ccc(Cl)cc3)nc(-c3ccccc3)n2)CC(C)O1. The maximum atomic E-state index is 5.99. The minimum Gasteiger partial charge on any atom is -0.372 e. The summed E-state index contributed by atoms with van der Waals surface area (Å²) >= 11 is 7.84. The fourth-order valence-electron chi connectivity index (χ4n) is 3.65. The maximum Gasteiger partial charge on any atom is 0.161 e. The molecule has 1 aromatic heterocycles. The second kappa shape index (κ2) is 9.82. The number of hydrogen-bond acceptors (Lipinski definition) is 5. The van der Waals surface area contributed by atoms with Crippen molar-refractivity contribution in [1.29, 1.82) is 0 Å². The summed E-state index contributed by atoms with van der Waals surface area (Å²) in [7, 11) is 0. The predicted molar refractivity (Wildman–Crippen MR) is 126 cm³/mol. The van der Waals surface area contributed by atoms with Crippen molar-refractivity contribution in [3.63, 3.8) is 0 Å². The van der Waals surface area contributed by atoms with Crippen molar-refractivity contribution in [2.45, 2.75) is 37.6 Å². The van der Waals surface area contributed by atoms with E-state index < -0.39 is 0 Å². The number of hydrogen-bond donors (Lipinski definition) is 0. The lowest BCUT2D eigenvalue weighted by Crippen LogP contribution is -2.46. The molecule has 2 atom stereocenters. The van der Waals surface area contributed by atoms with Crippen LogP contribution in [0.15, 0.2) is 60.7 Å². The lowest BCUT2D eigenvalue weighted by molar-refractivity contribution is -0.00546. The number of nitrogens with zero attached hydrogens (tertiary/aromatic N) is 3. The molecular weight excluding hydrogens is 414 g/mol. The molecule has 1 aliphatic rings. The van der Waals surface area contributed by atoms with Crippen molar-refractivity contribution in [1.82, 2.24) is 9.97 Å². The minimum atomic E-state index is 0.187. The van der Waals surface area contributed by atoms with Gasteiger partial charge in [-0.25, -0.2) is 9.97 Å². The zero-order chi connectivity index (χ0) is 20.9. The molecule has 4 nitrogen and oxygen atoms in total. The van der Waals surface area contributed by atoms with Gasteiger partial charge in [0.2, 0.25) is 0 Å². The van der Waals surface area contributed by atoms with Crippen molar-refractivity contribution < 1.29 is 4.74 Å². The average Bonchev–Trinajstić information content (AvgIpc) is 2.75. The number of anilines is 1. The second-order valence-corrected chi connectivity index (χ2v) is 9.11. The normalized spacial score (nSPS) is 19.1. The van der Waals surface area contributed by atoms with Gasteiger partial charge >= 0.3 is 0 Å². The topological polar surface area (TPSA) is 38.2 Å². The highest BCUT2D eigenvalue weighted by atomic mass is 35.5. The predicted octanol–water partition coefficient (Wildman–Crippen LogP) is 5.84. The van der Waals surface area contributed by atoms with E-state index in [0.29, 0.717) is 0 Å². The summed E-state index contributed by atoms with van der Waals surface area (Å²) in [6.07, 6.45) is 0.373. The van der Waals surface area contributed by atoms with E-state index in [1.165, 1.54) is 5.56 Å². The van der Waals surface area contributed by atoms with Crippen LogP contribution in [0.4, 0.5) is 5.82 Å². The van der Waals surface area contributed by atoms with Crippen molar-refractivity contribution in [2.24, 2.45) is 0 Å². The van der Waals surface area contributed by atoms with Crippen molar-refractivity contribution >= 4 is 29.2 Å². The van der Waals surface area contributed by atoms with Gasteiger partial charge in [0.05, 0.1) is 17.9 Å². The van der Waals surface area contributed by atoms with E-state index in [0.717, 1.165) is 52.5 Å². The molecule has 0 N–H and O–H groups in total. The molecular formula is C24H26ClN3OS. The Morgan fingerprint density at radius 3 is 2.37 bits per heavy atom. The standard InChI is InChI=1S/C24H26ClN3OS/c1-17-13-28(14-18(2)29-17)23-12-22(16-30-15-19-8-10-21(25)11-9-19)26-24(27-23)20-6-4-3-5-7-20/h3-12,17-18H,13-16H2,1-2H3. The number of aromatic nitrogens is 2. The van der Waals surface area contributed by atoms with E-state index in [1.54, 1.807) is 0 Å². The zero-order valence-corrected chi connectivity index (χ0v) is 18.9. The highest BCUT2D eigenvalue weighted by molar-refractivity contribution is 7.97. The van der Waals surface area contributed by atoms with E-state index in [-0.39, 0.29) is 12.2 Å². The highest BCUT2D eigenvalue weighted by Crippen LogP contribution is 2.26. The summed E-state index contributed by atoms with van der Waals surface area (Å²) in [5.41, 5.74) is 3.35. The van der Waals surface area contributed by atoms with Crippen LogP contribution in [-0.2, 0) is 16.2 Å². The molecule has 1 aliphatic heterocycles. The summed E-state index contributed by atoms with van der Waals surface area (Å²) < 4.78 is 5.91. The Bertz CT molecular complexity index is 958. The van der Waals surface area contributed by atoms with Gasteiger partial charge in [-0.2, -0.15) is 11.8 Å². The number of rotatable bonds is 6. The molecule has 1 fully saturated rings. The molecule has 2 unspecified atom stereocenters. The monoisotopic (exact) mass is 439 g/mol. The summed E-state index contributed by atoms with van der Waals surface area (Å²) in [6, 6.07) is 20.4. The van der Waals surface area contributed by atoms with Gasteiger partial charge in [0, 0.05) is 41.2 Å². The van der Waals surface area contributed by atoms with Crippen LogP contribution in [0.1, 0.15) is 25.1 Å². The Labute approximate surface area is 187 Å². The Kier molecular flexibility index (Phi) is 6.93. The van der Waals surface area contributed by atoms with Gasteiger partial charge in [-0.1, -0.05) is 54.1 Å². The van der Waals surface area contributed by atoms with Crippen LogP contribution < -0.4 is 4.90 Å². The van der Waals surface area contributed by atoms with Gasteiger partial charge in [0.25, 0.3) is 0 Å². The smallest absolute Gasteiger partial charge is 0.161 e. The van der Waals surface area contributed by atoms with Gasteiger partial charge in [-0.05, 0) is 31.5 Å². The Hall–Kier alpha value is -2.08. The van der Waals surface area contributed by atoms with Crippen LogP contribution in [0.3, 0.4) is 0 Å². The molecule has 3 aromatic rings. The molecule has 0 bridgehead atoms. The third-order valence-electron chi connectivity index (χ3n) is 4.97. The largest absolute Gasteiger partial charge is 0.372 e. The molecule has 0 saturated carbocycles. The van der Waals surface area contributed by atoms with E-state index in [2.05, 4.69) is 49.1 Å². The highest BCUT2D eigenvalue weighted by Gasteiger charge is 2.24. The molecule has 6 heteroatoms. The Balaban J connectivity index is 1.56. The van der Waals surface area contributed by atoms with E-state index in [1.807, 2.05) is 42.1 Å². The molecule has 2 aromatic carbocycles. The molecule has 0 amide bonds. The number of benzene rings is 2. The molecule has 2 heterocycles. The number of thioether (sulfide) groups is 1. The Morgan fingerprint density at radius 1 is 0.967 bits per heavy atom. The first kappa shape index (κ1) is 21.2. The van der Waals surface area contributed by atoms with Crippen molar-refractivity contribution in [2.75, 3.05) is 18.0 Å². The lowest BCUT2D eigenvalue weighted by Gasteiger charge is -2.36. The minimum absolute atomic E-state index is 0.187. The first-order valence-corrected chi connectivity index (χ1v) is 11.8. The second-order valence-electron chi connectivity index (χ2n) is 7.69. The number of morpholine rings is 1. The van der Waals surface area contributed by atoms with Crippen LogP contribution in [0.25, 0.3) is 11.4 Å². The molecule has 0 aliphatic carbocycles. The van der Waals surface area contributed by atoms with E-state index >= 15 is 0 Å². The molecule has 156 valence electrons. The lowest BCUT2D eigenvalue weighted by atomic mass is 10.2. The summed E-state index contributed by atoms with van der Waals surface area (Å²) in [5, 5.41) is 0.769. The van der Waals surface area contributed by atoms with Gasteiger partial charge in [0.1, 0.15) is 5.82 Å². The Morgan fingerprint density at radius 2 is 1.67 bits per heavy atom. The third kappa shape index (κ3) is 5.54. The van der Waals surface area contributed by atoms with E-state index in [9.17, 15) is 0 Å². The van der Waals surface area contributed by atoms with Crippen LogP contribution >= 0.6 is 23.4 Å². The van der Waals surface area contributed by atoms with Gasteiger partial charge in [0.15, 0.2) is 5.82 Å². The fourth-order valence-corrected chi connectivity index (χ4v) is 4.67. The first-order chi connectivity index (χ1) is 14.6. The third-order valence-corrected chi connectivity index (χ3v) is 6.26. The first-order valence-electron chi connectivity index (χ1n) is 10.2. The maximum absolute atomic E-state index is 5.99.